The molecule has 1 aromatic heterocycles. The van der Waals surface area contributed by atoms with Crippen LogP contribution < -0.4 is 15.2 Å². The van der Waals surface area contributed by atoms with E-state index in [0.29, 0.717) is 14.9 Å². The molecule has 1 heterocycles. The predicted molar refractivity (Wildman–Crippen MR) is 76.1 cm³/mol. The minimum atomic E-state index is -0.543. The second-order valence-electron chi connectivity index (χ2n) is 2.92. The van der Waals surface area contributed by atoms with Crippen LogP contribution in [0.15, 0.2) is 4.47 Å². The van der Waals surface area contributed by atoms with Gasteiger partial charge in [-0.3, -0.25) is 0 Å². The van der Waals surface area contributed by atoms with Crippen LogP contribution in [0.25, 0.3) is 10.2 Å². The molecule has 0 saturated carbocycles. The molecular formula is C11H14BrFN2O2S. The van der Waals surface area contributed by atoms with E-state index < -0.39 is 5.82 Å². The van der Waals surface area contributed by atoms with Gasteiger partial charge >= 0.3 is 0 Å². The summed E-state index contributed by atoms with van der Waals surface area (Å²) in [5, 5.41) is 0.285. The third-order valence-electron chi connectivity index (χ3n) is 2.06. The SMILES string of the molecule is CC.COc1c(Br)c(OC)c2sc(N)nc2c1F. The normalized spacial score (nSPS) is 9.89. The molecule has 0 spiro atoms. The average molecular weight is 337 g/mol. The van der Waals surface area contributed by atoms with E-state index in [-0.39, 0.29) is 16.4 Å². The van der Waals surface area contributed by atoms with Gasteiger partial charge in [0.05, 0.1) is 14.2 Å². The lowest BCUT2D eigenvalue weighted by atomic mass is 10.3. The number of rotatable bonds is 2. The molecule has 0 aliphatic heterocycles. The Balaban J connectivity index is 0.000000771. The van der Waals surface area contributed by atoms with Crippen LogP contribution in [0.4, 0.5) is 9.52 Å². The quantitative estimate of drug-likeness (QED) is 0.905. The molecule has 0 aliphatic rings. The number of hydrogen-bond donors (Lipinski definition) is 1. The van der Waals surface area contributed by atoms with Gasteiger partial charge in [0.1, 0.15) is 14.7 Å². The molecular weight excluding hydrogens is 323 g/mol. The number of fused-ring (bicyclic) bond motifs is 1. The van der Waals surface area contributed by atoms with E-state index in [4.69, 9.17) is 15.2 Å². The maximum absolute atomic E-state index is 13.9. The number of thiazole rings is 1. The lowest BCUT2D eigenvalue weighted by Crippen LogP contribution is -1.94. The Morgan fingerprint density at radius 3 is 2.28 bits per heavy atom. The van der Waals surface area contributed by atoms with Crippen LogP contribution >= 0.6 is 27.3 Å². The van der Waals surface area contributed by atoms with Gasteiger partial charge < -0.3 is 15.2 Å². The fourth-order valence-electron chi connectivity index (χ4n) is 1.41. The number of anilines is 1. The van der Waals surface area contributed by atoms with Crippen LogP contribution in [-0.4, -0.2) is 19.2 Å². The minimum absolute atomic E-state index is 0.0645. The van der Waals surface area contributed by atoms with Crippen molar-refractivity contribution < 1.29 is 13.9 Å². The number of halogens is 2. The number of ether oxygens (including phenoxy) is 2. The number of nitrogens with two attached hydrogens (primary N) is 1. The lowest BCUT2D eigenvalue weighted by Gasteiger charge is -2.09. The summed E-state index contributed by atoms with van der Waals surface area (Å²) in [5.41, 5.74) is 5.72. The largest absolute Gasteiger partial charge is 0.494 e. The van der Waals surface area contributed by atoms with E-state index in [1.54, 1.807) is 0 Å². The Kier molecular flexibility index (Phi) is 5.15. The van der Waals surface area contributed by atoms with Crippen LogP contribution in [0.2, 0.25) is 0 Å². The van der Waals surface area contributed by atoms with Gasteiger partial charge in [0.2, 0.25) is 0 Å². The molecule has 2 rings (SSSR count). The van der Waals surface area contributed by atoms with E-state index in [0.717, 1.165) is 0 Å². The molecule has 0 fully saturated rings. The molecule has 100 valence electrons. The van der Waals surface area contributed by atoms with E-state index in [1.807, 2.05) is 13.8 Å². The van der Waals surface area contributed by atoms with Gasteiger partial charge in [0.25, 0.3) is 0 Å². The molecule has 4 nitrogen and oxygen atoms in total. The molecule has 1 aromatic carbocycles. The van der Waals surface area contributed by atoms with Gasteiger partial charge in [-0.1, -0.05) is 25.2 Å². The van der Waals surface area contributed by atoms with Crippen LogP contribution in [-0.2, 0) is 0 Å². The van der Waals surface area contributed by atoms with Gasteiger partial charge in [-0.05, 0) is 15.9 Å². The number of nitrogen functional groups attached to an aromatic ring is 1. The molecule has 0 unspecified atom stereocenters. The Morgan fingerprint density at radius 1 is 1.22 bits per heavy atom. The van der Waals surface area contributed by atoms with Gasteiger partial charge in [-0.25, -0.2) is 9.37 Å². The molecule has 0 saturated heterocycles. The summed E-state index contributed by atoms with van der Waals surface area (Å²) in [5.74, 6) is -0.00442. The first-order chi connectivity index (χ1) is 8.60. The molecule has 0 aliphatic carbocycles. The summed E-state index contributed by atoms with van der Waals surface area (Å²) in [4.78, 5) is 3.91. The molecule has 2 aromatic rings. The van der Waals surface area contributed by atoms with E-state index in [2.05, 4.69) is 20.9 Å². The van der Waals surface area contributed by atoms with Crippen LogP contribution in [0.3, 0.4) is 0 Å². The highest BCUT2D eigenvalue weighted by atomic mass is 79.9. The van der Waals surface area contributed by atoms with E-state index in [9.17, 15) is 4.39 Å². The van der Waals surface area contributed by atoms with Crippen molar-refractivity contribution in [3.8, 4) is 11.5 Å². The minimum Gasteiger partial charge on any atom is -0.494 e. The summed E-state index contributed by atoms with van der Waals surface area (Å²) in [6.45, 7) is 4.00. The summed E-state index contributed by atoms with van der Waals surface area (Å²) >= 11 is 4.40. The van der Waals surface area contributed by atoms with E-state index >= 15 is 0 Å². The first-order valence-corrected chi connectivity index (χ1v) is 6.86. The van der Waals surface area contributed by atoms with Crippen molar-refractivity contribution >= 4 is 42.6 Å². The zero-order valence-electron chi connectivity index (χ0n) is 10.5. The summed E-state index contributed by atoms with van der Waals surface area (Å²) in [7, 11) is 2.87. The number of nitrogens with zero attached hydrogens (tertiary/aromatic N) is 1. The fourth-order valence-corrected chi connectivity index (χ4v) is 3.09. The third-order valence-corrected chi connectivity index (χ3v) is 3.67. The maximum Gasteiger partial charge on any atom is 0.193 e. The smallest absolute Gasteiger partial charge is 0.193 e. The zero-order chi connectivity index (χ0) is 13.9. The Morgan fingerprint density at radius 2 is 1.78 bits per heavy atom. The van der Waals surface area contributed by atoms with Gasteiger partial charge in [-0.15, -0.1) is 0 Å². The van der Waals surface area contributed by atoms with Crippen molar-refractivity contribution in [2.24, 2.45) is 0 Å². The number of hydrogen-bond acceptors (Lipinski definition) is 5. The molecule has 18 heavy (non-hydrogen) atoms. The van der Waals surface area contributed by atoms with Gasteiger partial charge in [-0.2, -0.15) is 0 Å². The van der Waals surface area contributed by atoms with Crippen molar-refractivity contribution in [3.63, 3.8) is 0 Å². The first kappa shape index (κ1) is 15.0. The maximum atomic E-state index is 13.9. The van der Waals surface area contributed by atoms with Gasteiger partial charge in [0, 0.05) is 0 Å². The van der Waals surface area contributed by atoms with E-state index in [1.165, 1.54) is 25.6 Å². The standard InChI is InChI=1S/C9H8BrFN2O2S.C2H6/c1-14-6-3(10)7(15-2)8-5(4(6)11)13-9(12)16-8;1-2/h1-2H3,(H2,12,13);1-2H3. The Labute approximate surface area is 117 Å². The van der Waals surface area contributed by atoms with Crippen molar-refractivity contribution in [2.75, 3.05) is 20.0 Å². The second kappa shape index (κ2) is 6.19. The predicted octanol–water partition coefficient (Wildman–Crippen LogP) is 3.82. The van der Waals surface area contributed by atoms with Crippen LogP contribution in [0.1, 0.15) is 13.8 Å². The van der Waals surface area contributed by atoms with Crippen molar-refractivity contribution in [1.82, 2.24) is 4.98 Å². The zero-order valence-corrected chi connectivity index (χ0v) is 12.9. The third kappa shape index (κ3) is 2.37. The fraction of sp³-hybridized carbons (Fsp3) is 0.364. The van der Waals surface area contributed by atoms with Crippen LogP contribution in [0, 0.1) is 5.82 Å². The Bertz CT molecular complexity index is 560. The molecule has 0 atom stereocenters. The van der Waals surface area contributed by atoms with Crippen molar-refractivity contribution in [3.05, 3.63) is 10.3 Å². The lowest BCUT2D eigenvalue weighted by molar-refractivity contribution is 0.374. The van der Waals surface area contributed by atoms with Crippen molar-refractivity contribution in [1.29, 1.82) is 0 Å². The van der Waals surface area contributed by atoms with Crippen molar-refractivity contribution in [2.45, 2.75) is 13.8 Å². The second-order valence-corrected chi connectivity index (χ2v) is 4.75. The average Bonchev–Trinajstić information content (AvgIpc) is 2.75. The monoisotopic (exact) mass is 336 g/mol. The van der Waals surface area contributed by atoms with Crippen LogP contribution in [0.5, 0.6) is 11.5 Å². The Hall–Kier alpha value is -1.08. The highest BCUT2D eigenvalue weighted by molar-refractivity contribution is 9.10. The first-order valence-electron chi connectivity index (χ1n) is 5.25. The van der Waals surface area contributed by atoms with Gasteiger partial charge in [0.15, 0.2) is 22.4 Å². The molecule has 2 N–H and O–H groups in total. The topological polar surface area (TPSA) is 57.4 Å². The summed E-state index contributed by atoms with van der Waals surface area (Å²) in [6.07, 6.45) is 0. The number of aromatic nitrogens is 1. The molecule has 0 bridgehead atoms. The summed E-state index contributed by atoms with van der Waals surface area (Å²) < 4.78 is 25.1. The number of benzene rings is 1. The highest BCUT2D eigenvalue weighted by Gasteiger charge is 2.22. The molecule has 0 amide bonds. The molecule has 0 radical (unpaired) electrons. The molecule has 7 heteroatoms. The highest BCUT2D eigenvalue weighted by Crippen LogP contribution is 2.45. The summed E-state index contributed by atoms with van der Waals surface area (Å²) in [6, 6.07) is 0. The number of methoxy groups -OCH3 is 2.